The number of nitrogens with zero attached hydrogens (tertiary/aromatic N) is 3. The van der Waals surface area contributed by atoms with Crippen molar-refractivity contribution in [2.24, 2.45) is 0 Å². The summed E-state index contributed by atoms with van der Waals surface area (Å²) < 4.78 is 1.71. The van der Waals surface area contributed by atoms with E-state index in [4.69, 9.17) is 0 Å². The summed E-state index contributed by atoms with van der Waals surface area (Å²) in [6.07, 6.45) is 3.43. The minimum Gasteiger partial charge on any atom is -0.345 e. The Kier molecular flexibility index (Phi) is 5.80. The number of nitro groups is 1. The first-order chi connectivity index (χ1) is 13.5. The molecule has 1 unspecified atom stereocenters. The Morgan fingerprint density at radius 1 is 1.29 bits per heavy atom. The fraction of sp³-hybridized carbons (Fsp3) is 0.167. The number of hydrogen-bond acceptors (Lipinski definition) is 6. The molecule has 0 spiro atoms. The maximum atomic E-state index is 12.2. The van der Waals surface area contributed by atoms with E-state index in [1.54, 1.807) is 30.1 Å². The van der Waals surface area contributed by atoms with E-state index in [1.165, 1.54) is 29.5 Å². The van der Waals surface area contributed by atoms with Crippen LogP contribution in [-0.4, -0.2) is 33.1 Å². The molecule has 0 bridgehead atoms. The molecule has 2 amide bonds. The lowest BCUT2D eigenvalue weighted by Gasteiger charge is -2.17. The number of carbonyl (C=O) groups excluding carboxylic acids is 2. The number of carbonyl (C=O) groups is 2. The van der Waals surface area contributed by atoms with Gasteiger partial charge in [0.05, 0.1) is 4.92 Å². The monoisotopic (exact) mass is 399 g/mol. The molecule has 9 nitrogen and oxygen atoms in total. The molecule has 0 aliphatic rings. The van der Waals surface area contributed by atoms with E-state index in [-0.39, 0.29) is 18.3 Å². The first-order valence-electron chi connectivity index (χ1n) is 8.32. The molecule has 3 rings (SSSR count). The van der Waals surface area contributed by atoms with Crippen LogP contribution in [0.2, 0.25) is 0 Å². The average molecular weight is 399 g/mol. The minimum absolute atomic E-state index is 0.0852. The number of nitrogens with one attached hydrogen (secondary N) is 2. The number of nitro benzene ring substituents is 1. The van der Waals surface area contributed by atoms with E-state index in [1.807, 2.05) is 17.5 Å². The van der Waals surface area contributed by atoms with Gasteiger partial charge >= 0.3 is 11.8 Å². The Bertz CT molecular complexity index is 951. The Balaban J connectivity index is 1.64. The second-order valence-electron chi connectivity index (χ2n) is 5.94. The molecule has 0 radical (unpaired) electrons. The number of anilines is 1. The summed E-state index contributed by atoms with van der Waals surface area (Å²) in [5, 5.41) is 22.0. The number of hydrogen-bond donors (Lipinski definition) is 2. The molecule has 1 aromatic carbocycles. The SMILES string of the molecule is Cc1cc([N+](=O)[O-])ccc1NC(=O)C(=O)NCC(c1cccs1)n1cccn1. The molecule has 0 saturated carbocycles. The van der Waals surface area contributed by atoms with Gasteiger partial charge in [-0.2, -0.15) is 5.10 Å². The van der Waals surface area contributed by atoms with Gasteiger partial charge in [0.1, 0.15) is 6.04 Å². The number of aromatic nitrogens is 2. The highest BCUT2D eigenvalue weighted by Crippen LogP contribution is 2.22. The van der Waals surface area contributed by atoms with E-state index in [0.717, 1.165) is 4.88 Å². The van der Waals surface area contributed by atoms with Crippen LogP contribution in [-0.2, 0) is 9.59 Å². The zero-order valence-corrected chi connectivity index (χ0v) is 15.7. The highest BCUT2D eigenvalue weighted by atomic mass is 32.1. The van der Waals surface area contributed by atoms with Gasteiger partial charge < -0.3 is 10.6 Å². The molecule has 0 saturated heterocycles. The van der Waals surface area contributed by atoms with Gasteiger partial charge in [-0.25, -0.2) is 0 Å². The molecule has 2 aromatic heterocycles. The summed E-state index contributed by atoms with van der Waals surface area (Å²) in [7, 11) is 0. The van der Waals surface area contributed by atoms with Crippen molar-refractivity contribution in [1.29, 1.82) is 0 Å². The van der Waals surface area contributed by atoms with E-state index >= 15 is 0 Å². The Hall–Kier alpha value is -3.53. The standard InChI is InChI=1S/C18H17N5O4S/c1-12-10-13(23(26)27)5-6-14(12)21-18(25)17(24)19-11-15(16-4-2-9-28-16)22-8-3-7-20-22/h2-10,15H,11H2,1H3,(H,19,24)(H,21,25). The highest BCUT2D eigenvalue weighted by Gasteiger charge is 2.20. The van der Waals surface area contributed by atoms with Gasteiger partial charge in [-0.05, 0) is 36.1 Å². The van der Waals surface area contributed by atoms with Gasteiger partial charge in [-0.15, -0.1) is 11.3 Å². The molecular weight excluding hydrogens is 382 g/mol. The molecular formula is C18H17N5O4S. The molecule has 28 heavy (non-hydrogen) atoms. The number of thiophene rings is 1. The molecule has 144 valence electrons. The lowest BCUT2D eigenvalue weighted by Crippen LogP contribution is -2.39. The first kappa shape index (κ1) is 19.2. The van der Waals surface area contributed by atoms with Crippen LogP contribution in [0.5, 0.6) is 0 Å². The smallest absolute Gasteiger partial charge is 0.313 e. The molecule has 2 N–H and O–H groups in total. The second kappa shape index (κ2) is 8.44. The first-order valence-corrected chi connectivity index (χ1v) is 9.20. The molecule has 3 aromatic rings. The van der Waals surface area contributed by atoms with Crippen LogP contribution >= 0.6 is 11.3 Å². The van der Waals surface area contributed by atoms with Crippen LogP contribution < -0.4 is 10.6 Å². The van der Waals surface area contributed by atoms with Crippen LogP contribution in [0.25, 0.3) is 0 Å². The van der Waals surface area contributed by atoms with Crippen LogP contribution in [0.1, 0.15) is 16.5 Å². The van der Waals surface area contributed by atoms with Crippen LogP contribution in [0.4, 0.5) is 11.4 Å². The van der Waals surface area contributed by atoms with Crippen molar-refractivity contribution in [3.8, 4) is 0 Å². The van der Waals surface area contributed by atoms with Crippen molar-refractivity contribution in [1.82, 2.24) is 15.1 Å². The number of rotatable bonds is 6. The number of benzene rings is 1. The number of amides is 2. The van der Waals surface area contributed by atoms with E-state index in [2.05, 4.69) is 15.7 Å². The molecule has 1 atom stereocenters. The maximum Gasteiger partial charge on any atom is 0.313 e. The summed E-state index contributed by atoms with van der Waals surface area (Å²) in [6, 6.07) is 9.39. The fourth-order valence-corrected chi connectivity index (χ4v) is 3.44. The second-order valence-corrected chi connectivity index (χ2v) is 6.92. The lowest BCUT2D eigenvalue weighted by atomic mass is 10.2. The topological polar surface area (TPSA) is 119 Å². The molecule has 0 aliphatic heterocycles. The van der Waals surface area contributed by atoms with Gasteiger partial charge in [0, 0.05) is 41.6 Å². The molecule has 2 heterocycles. The van der Waals surface area contributed by atoms with Gasteiger partial charge in [0.25, 0.3) is 5.69 Å². The van der Waals surface area contributed by atoms with Crippen molar-refractivity contribution in [2.75, 3.05) is 11.9 Å². The summed E-state index contributed by atoms with van der Waals surface area (Å²) in [5.74, 6) is -1.64. The number of aryl methyl sites for hydroxylation is 1. The van der Waals surface area contributed by atoms with E-state index in [9.17, 15) is 19.7 Å². The average Bonchev–Trinajstić information content (AvgIpc) is 3.37. The normalized spacial score (nSPS) is 11.6. The summed E-state index contributed by atoms with van der Waals surface area (Å²) in [4.78, 5) is 35.7. The summed E-state index contributed by atoms with van der Waals surface area (Å²) in [5.41, 5.74) is 0.744. The predicted molar refractivity (Wildman–Crippen MR) is 104 cm³/mol. The van der Waals surface area contributed by atoms with Crippen molar-refractivity contribution in [3.05, 3.63) is 74.7 Å². The molecule has 0 fully saturated rings. The van der Waals surface area contributed by atoms with Crippen molar-refractivity contribution in [2.45, 2.75) is 13.0 Å². The zero-order valence-electron chi connectivity index (χ0n) is 14.9. The Morgan fingerprint density at radius 3 is 2.71 bits per heavy atom. The third kappa shape index (κ3) is 4.41. The van der Waals surface area contributed by atoms with Crippen molar-refractivity contribution < 1.29 is 14.5 Å². The van der Waals surface area contributed by atoms with Gasteiger partial charge in [0.15, 0.2) is 0 Å². The van der Waals surface area contributed by atoms with Crippen molar-refractivity contribution >= 4 is 34.5 Å². The Morgan fingerprint density at radius 2 is 2.11 bits per heavy atom. The Labute approximate surface area is 164 Å². The van der Waals surface area contributed by atoms with E-state index in [0.29, 0.717) is 11.3 Å². The fourth-order valence-electron chi connectivity index (χ4n) is 2.62. The van der Waals surface area contributed by atoms with Gasteiger partial charge in [-0.3, -0.25) is 24.4 Å². The lowest BCUT2D eigenvalue weighted by molar-refractivity contribution is -0.384. The van der Waals surface area contributed by atoms with Crippen LogP contribution in [0.3, 0.4) is 0 Å². The zero-order chi connectivity index (χ0) is 20.1. The van der Waals surface area contributed by atoms with Gasteiger partial charge in [-0.1, -0.05) is 6.07 Å². The third-order valence-electron chi connectivity index (χ3n) is 4.05. The minimum atomic E-state index is -0.845. The van der Waals surface area contributed by atoms with Crippen LogP contribution in [0.15, 0.2) is 54.2 Å². The predicted octanol–water partition coefficient (Wildman–Crippen LogP) is 2.51. The molecule has 0 aliphatic carbocycles. The van der Waals surface area contributed by atoms with Crippen molar-refractivity contribution in [3.63, 3.8) is 0 Å². The molecule has 10 heteroatoms. The number of non-ortho nitro benzene ring substituents is 1. The highest BCUT2D eigenvalue weighted by molar-refractivity contribution is 7.10. The largest absolute Gasteiger partial charge is 0.345 e. The van der Waals surface area contributed by atoms with Crippen LogP contribution in [0, 0.1) is 17.0 Å². The quantitative estimate of drug-likeness (QED) is 0.375. The maximum absolute atomic E-state index is 12.2. The summed E-state index contributed by atoms with van der Waals surface area (Å²) in [6.45, 7) is 1.80. The van der Waals surface area contributed by atoms with Gasteiger partial charge in [0.2, 0.25) is 0 Å². The summed E-state index contributed by atoms with van der Waals surface area (Å²) >= 11 is 1.53. The third-order valence-corrected chi connectivity index (χ3v) is 5.02. The van der Waals surface area contributed by atoms with E-state index < -0.39 is 16.7 Å².